The molecule has 5 rings (SSSR count). The number of nitrogens with two attached hydrogens (primary N) is 1. The van der Waals surface area contributed by atoms with E-state index in [0.717, 1.165) is 6.92 Å². The summed E-state index contributed by atoms with van der Waals surface area (Å²) in [5, 5.41) is 54.8. The molecule has 3 aliphatic rings. The highest BCUT2D eigenvalue weighted by Crippen LogP contribution is 2.52. The molecule has 0 radical (unpaired) electrons. The highest BCUT2D eigenvalue weighted by molar-refractivity contribution is 6.31. The van der Waals surface area contributed by atoms with Gasteiger partial charge in [-0.05, 0) is 19.9 Å². The summed E-state index contributed by atoms with van der Waals surface area (Å²) in [6, 6.07) is 3.20. The maximum Gasteiger partial charge on any atom is 0.202 e. The molecule has 39 heavy (non-hydrogen) atoms. The number of phenolic OH excluding ortho intramolecular Hbond substituents is 2. The molecule has 1 heterocycles. The summed E-state index contributed by atoms with van der Waals surface area (Å²) in [7, 11) is 1.32. The molecule has 0 bridgehead atoms. The maximum absolute atomic E-state index is 13.6. The van der Waals surface area contributed by atoms with Gasteiger partial charge in [-0.2, -0.15) is 0 Å². The standard InChI is InChI=1S/C27H29NO11/c1-9-20(30)19(28)25(35)26(38-9)39-14-8-27(36,10(2)29)7-12-16(14)24(34)18-17(22(12)32)21(31)11-5-4-6-13(37-3)15(11)23(18)33/h4-6,9,14,19-20,25-26,30,32,34-36H,7-8,28H2,1-3H3/t9-,14-,19+,20+,25+,26-,27-/m0/s1. The lowest BCUT2D eigenvalue weighted by Gasteiger charge is -2.44. The van der Waals surface area contributed by atoms with E-state index in [0.29, 0.717) is 0 Å². The minimum Gasteiger partial charge on any atom is -0.507 e. The van der Waals surface area contributed by atoms with Crippen LogP contribution in [0.3, 0.4) is 0 Å². The van der Waals surface area contributed by atoms with Crippen molar-refractivity contribution in [2.24, 2.45) is 5.73 Å². The second-order valence-corrected chi connectivity index (χ2v) is 10.2. The lowest BCUT2D eigenvalue weighted by Crippen LogP contribution is -2.61. The van der Waals surface area contributed by atoms with Crippen molar-refractivity contribution in [2.75, 3.05) is 7.11 Å². The van der Waals surface area contributed by atoms with Gasteiger partial charge in [0.05, 0.1) is 48.2 Å². The van der Waals surface area contributed by atoms with Crippen molar-refractivity contribution in [1.82, 2.24) is 0 Å². The second-order valence-electron chi connectivity index (χ2n) is 10.2. The number of carbonyl (C=O) groups is 3. The van der Waals surface area contributed by atoms with E-state index in [-0.39, 0.29) is 28.0 Å². The number of ketones is 3. The van der Waals surface area contributed by atoms with Crippen LogP contribution in [-0.2, 0) is 20.7 Å². The summed E-state index contributed by atoms with van der Waals surface area (Å²) in [6.45, 7) is 2.64. The zero-order valence-electron chi connectivity index (χ0n) is 21.4. The van der Waals surface area contributed by atoms with Gasteiger partial charge in [-0.25, -0.2) is 0 Å². The van der Waals surface area contributed by atoms with Crippen LogP contribution in [0, 0.1) is 0 Å². The molecule has 2 aromatic rings. The molecule has 2 aliphatic carbocycles. The minimum atomic E-state index is -2.09. The summed E-state index contributed by atoms with van der Waals surface area (Å²) < 4.78 is 16.8. The Morgan fingerprint density at radius 2 is 1.74 bits per heavy atom. The summed E-state index contributed by atoms with van der Waals surface area (Å²) in [5.41, 5.74) is 2.39. The van der Waals surface area contributed by atoms with Crippen LogP contribution >= 0.6 is 0 Å². The van der Waals surface area contributed by atoms with Crippen LogP contribution in [0.25, 0.3) is 0 Å². The minimum absolute atomic E-state index is 0.0489. The van der Waals surface area contributed by atoms with Gasteiger partial charge in [-0.15, -0.1) is 0 Å². The number of fused-ring (bicyclic) bond motifs is 3. The number of rotatable bonds is 4. The third kappa shape index (κ3) is 3.94. The Kier molecular flexibility index (Phi) is 6.53. The normalized spacial score (nSPS) is 31.8. The van der Waals surface area contributed by atoms with Gasteiger partial charge in [-0.3, -0.25) is 14.4 Å². The van der Waals surface area contributed by atoms with Gasteiger partial charge in [0, 0.05) is 29.5 Å². The molecule has 1 aliphatic heterocycles. The molecular weight excluding hydrogens is 514 g/mol. The van der Waals surface area contributed by atoms with Crippen molar-refractivity contribution in [2.45, 2.75) is 69.0 Å². The van der Waals surface area contributed by atoms with Crippen molar-refractivity contribution < 1.29 is 54.1 Å². The number of aromatic hydroxyl groups is 2. The van der Waals surface area contributed by atoms with E-state index >= 15 is 0 Å². The zero-order valence-corrected chi connectivity index (χ0v) is 21.4. The van der Waals surface area contributed by atoms with Crippen LogP contribution in [0.1, 0.15) is 69.3 Å². The Bertz CT molecular complexity index is 1400. The lowest BCUT2D eigenvalue weighted by molar-refractivity contribution is -0.286. The SMILES string of the molecule is COc1cccc2c1C(=O)c1c(O)c3c(c(O)c1C2=O)C[C@@](O)(C(C)=O)C[C@@H]3O[C@@H]1O[C@@H](C)[C@@H](O)[C@@H](N)[C@H]1O. The van der Waals surface area contributed by atoms with Crippen molar-refractivity contribution >= 4 is 17.3 Å². The van der Waals surface area contributed by atoms with Crippen LogP contribution in [0.4, 0.5) is 0 Å². The number of hydrogen-bond acceptors (Lipinski definition) is 12. The number of methoxy groups -OCH3 is 1. The van der Waals surface area contributed by atoms with Crippen molar-refractivity contribution in [1.29, 1.82) is 0 Å². The average molecular weight is 544 g/mol. The zero-order chi connectivity index (χ0) is 28.5. The molecule has 0 spiro atoms. The fourth-order valence-corrected chi connectivity index (χ4v) is 5.65. The predicted octanol–water partition coefficient (Wildman–Crippen LogP) is -0.000300. The van der Waals surface area contributed by atoms with E-state index in [1.165, 1.54) is 32.2 Å². The highest BCUT2D eigenvalue weighted by Gasteiger charge is 2.50. The second kappa shape index (κ2) is 9.37. The van der Waals surface area contributed by atoms with Crippen molar-refractivity contribution in [3.8, 4) is 17.2 Å². The molecule has 7 atom stereocenters. The van der Waals surface area contributed by atoms with Crippen molar-refractivity contribution in [3.05, 3.63) is 51.6 Å². The van der Waals surface area contributed by atoms with Gasteiger partial charge in [0.25, 0.3) is 0 Å². The largest absolute Gasteiger partial charge is 0.507 e. The molecule has 0 amide bonds. The maximum atomic E-state index is 13.6. The number of phenols is 2. The molecule has 12 nitrogen and oxygen atoms in total. The van der Waals surface area contributed by atoms with Crippen LogP contribution in [-0.4, -0.2) is 86.2 Å². The Morgan fingerprint density at radius 3 is 2.38 bits per heavy atom. The number of aliphatic hydroxyl groups is 3. The quantitative estimate of drug-likeness (QED) is 0.241. The van der Waals surface area contributed by atoms with Crippen molar-refractivity contribution in [3.63, 3.8) is 0 Å². The molecule has 0 saturated carbocycles. The molecule has 208 valence electrons. The topological polar surface area (TPSA) is 206 Å². The first-order valence-electron chi connectivity index (χ1n) is 12.4. The van der Waals surface area contributed by atoms with E-state index < -0.39 is 95.2 Å². The molecular formula is C27H29NO11. The van der Waals surface area contributed by atoms with Gasteiger partial charge < -0.3 is 45.5 Å². The van der Waals surface area contributed by atoms with Gasteiger partial charge in [0.15, 0.2) is 17.9 Å². The Balaban J connectivity index is 1.70. The third-order valence-corrected chi connectivity index (χ3v) is 7.93. The molecule has 1 saturated heterocycles. The van der Waals surface area contributed by atoms with E-state index in [4.69, 9.17) is 19.9 Å². The first kappa shape index (κ1) is 27.2. The van der Waals surface area contributed by atoms with Gasteiger partial charge >= 0.3 is 0 Å². The van der Waals surface area contributed by atoms with E-state index in [2.05, 4.69) is 0 Å². The number of Topliss-reactive ketones (excluding diaryl/α,β-unsaturated/α-hetero) is 1. The summed E-state index contributed by atoms with van der Waals surface area (Å²) in [6.07, 6.45) is -7.43. The molecule has 12 heteroatoms. The Morgan fingerprint density at radius 1 is 1.08 bits per heavy atom. The van der Waals surface area contributed by atoms with Crippen LogP contribution in [0.2, 0.25) is 0 Å². The van der Waals surface area contributed by atoms with Crippen LogP contribution in [0.15, 0.2) is 18.2 Å². The Hall–Kier alpha value is -3.39. The fourth-order valence-electron chi connectivity index (χ4n) is 5.65. The summed E-state index contributed by atoms with van der Waals surface area (Å²) in [5.74, 6) is -3.52. The van der Waals surface area contributed by atoms with Gasteiger partial charge in [-0.1, -0.05) is 12.1 Å². The number of carbonyl (C=O) groups excluding carboxylic acids is 3. The first-order valence-corrected chi connectivity index (χ1v) is 12.4. The van der Waals surface area contributed by atoms with Crippen LogP contribution < -0.4 is 10.5 Å². The Labute approximate surface area is 222 Å². The van der Waals surface area contributed by atoms with Gasteiger partial charge in [0.1, 0.15) is 29.0 Å². The summed E-state index contributed by atoms with van der Waals surface area (Å²) >= 11 is 0. The smallest absolute Gasteiger partial charge is 0.202 e. The summed E-state index contributed by atoms with van der Waals surface area (Å²) in [4.78, 5) is 39.6. The molecule has 2 aromatic carbocycles. The molecule has 0 unspecified atom stereocenters. The highest BCUT2D eigenvalue weighted by atomic mass is 16.7. The number of aliphatic hydroxyl groups excluding tert-OH is 2. The lowest BCUT2D eigenvalue weighted by atomic mass is 9.72. The van der Waals surface area contributed by atoms with E-state index in [1.54, 1.807) is 0 Å². The molecule has 7 N–H and O–H groups in total. The molecule has 1 fully saturated rings. The van der Waals surface area contributed by atoms with Gasteiger partial charge in [0.2, 0.25) is 5.78 Å². The van der Waals surface area contributed by atoms with E-state index in [1.807, 2.05) is 0 Å². The third-order valence-electron chi connectivity index (χ3n) is 7.93. The predicted molar refractivity (Wildman–Crippen MR) is 132 cm³/mol. The van der Waals surface area contributed by atoms with E-state index in [9.17, 15) is 39.9 Å². The monoisotopic (exact) mass is 543 g/mol. The molecule has 0 aromatic heterocycles. The average Bonchev–Trinajstić information content (AvgIpc) is 2.90. The number of hydrogen-bond donors (Lipinski definition) is 6. The number of benzene rings is 2. The van der Waals surface area contributed by atoms with Crippen LogP contribution in [0.5, 0.6) is 17.2 Å². The first-order chi connectivity index (χ1) is 18.3. The number of ether oxygens (including phenoxy) is 3. The fraction of sp³-hybridized carbons (Fsp3) is 0.444.